The summed E-state index contributed by atoms with van der Waals surface area (Å²) in [5.41, 5.74) is 1.34. The third-order valence-corrected chi connectivity index (χ3v) is 5.84. The molecule has 0 unspecified atom stereocenters. The van der Waals surface area contributed by atoms with Crippen molar-refractivity contribution in [2.24, 2.45) is 0 Å². The highest BCUT2D eigenvalue weighted by Crippen LogP contribution is 2.15. The van der Waals surface area contributed by atoms with Crippen molar-refractivity contribution < 1.29 is 17.6 Å². The lowest BCUT2D eigenvalue weighted by atomic mass is 10.1. The zero-order valence-corrected chi connectivity index (χ0v) is 18.0. The molecule has 0 bridgehead atoms. The van der Waals surface area contributed by atoms with Gasteiger partial charge in [0.15, 0.2) is 5.11 Å². The standard InChI is InChI=1S/C20H18ClN3O4S2/c21-15-5-3-14(4-6-15)12-19(25)24-20(29)23-16-7-9-18(10-8-16)30(26,27)22-13-17-2-1-11-28-17/h1-11,22H,12-13H2,(H2,23,24,25,29). The minimum absolute atomic E-state index is 0.0546. The quantitative estimate of drug-likeness (QED) is 0.464. The number of rotatable bonds is 7. The Morgan fingerprint density at radius 2 is 1.73 bits per heavy atom. The minimum atomic E-state index is -3.69. The highest BCUT2D eigenvalue weighted by Gasteiger charge is 2.14. The largest absolute Gasteiger partial charge is 0.468 e. The normalized spacial score (nSPS) is 11.1. The van der Waals surface area contributed by atoms with E-state index in [1.807, 2.05) is 0 Å². The number of carbonyl (C=O) groups excluding carboxylic acids is 1. The maximum Gasteiger partial charge on any atom is 0.240 e. The van der Waals surface area contributed by atoms with Gasteiger partial charge in [-0.15, -0.1) is 0 Å². The van der Waals surface area contributed by atoms with Gasteiger partial charge in [0.25, 0.3) is 0 Å². The smallest absolute Gasteiger partial charge is 0.240 e. The first-order chi connectivity index (χ1) is 14.3. The fraction of sp³-hybridized carbons (Fsp3) is 0.100. The molecule has 7 nitrogen and oxygen atoms in total. The Hall–Kier alpha value is -2.72. The second-order valence-electron chi connectivity index (χ2n) is 6.23. The van der Waals surface area contributed by atoms with Gasteiger partial charge in [-0.1, -0.05) is 23.7 Å². The minimum Gasteiger partial charge on any atom is -0.468 e. The van der Waals surface area contributed by atoms with E-state index in [-0.39, 0.29) is 28.9 Å². The van der Waals surface area contributed by atoms with Crippen LogP contribution in [0.2, 0.25) is 5.02 Å². The Morgan fingerprint density at radius 3 is 2.37 bits per heavy atom. The fourth-order valence-corrected chi connectivity index (χ4v) is 3.85. The molecule has 0 aliphatic carbocycles. The molecule has 0 spiro atoms. The van der Waals surface area contributed by atoms with Crippen molar-refractivity contribution in [1.82, 2.24) is 10.0 Å². The first-order valence-corrected chi connectivity index (χ1v) is 11.1. The summed E-state index contributed by atoms with van der Waals surface area (Å²) >= 11 is 11.0. The summed E-state index contributed by atoms with van der Waals surface area (Å²) in [6.45, 7) is 0.0546. The van der Waals surface area contributed by atoms with Gasteiger partial charge >= 0.3 is 0 Å². The molecular weight excluding hydrogens is 446 g/mol. The number of benzene rings is 2. The van der Waals surface area contributed by atoms with Gasteiger partial charge in [0, 0.05) is 10.7 Å². The maximum absolute atomic E-state index is 12.3. The summed E-state index contributed by atoms with van der Waals surface area (Å²) in [5.74, 6) is 0.229. The first kappa shape index (κ1) is 22.0. The number of sulfonamides is 1. The van der Waals surface area contributed by atoms with Gasteiger partial charge in [-0.2, -0.15) is 0 Å². The lowest BCUT2D eigenvalue weighted by molar-refractivity contribution is -0.119. The van der Waals surface area contributed by atoms with Gasteiger partial charge in [0.05, 0.1) is 24.1 Å². The Kier molecular flexibility index (Phi) is 7.22. The van der Waals surface area contributed by atoms with Gasteiger partial charge in [-0.3, -0.25) is 4.79 Å². The molecule has 0 atom stereocenters. The van der Waals surface area contributed by atoms with E-state index in [1.165, 1.54) is 18.4 Å². The second-order valence-corrected chi connectivity index (χ2v) is 8.85. The van der Waals surface area contributed by atoms with Crippen molar-refractivity contribution in [2.75, 3.05) is 5.32 Å². The van der Waals surface area contributed by atoms with E-state index in [4.69, 9.17) is 28.2 Å². The third kappa shape index (κ3) is 6.39. The molecule has 3 N–H and O–H groups in total. The maximum atomic E-state index is 12.3. The number of nitrogens with one attached hydrogen (secondary N) is 3. The Balaban J connectivity index is 1.52. The van der Waals surface area contributed by atoms with Crippen LogP contribution in [0.15, 0.2) is 76.2 Å². The molecule has 1 amide bonds. The van der Waals surface area contributed by atoms with Crippen LogP contribution in [0, 0.1) is 0 Å². The predicted octanol–water partition coefficient (Wildman–Crippen LogP) is 3.47. The first-order valence-electron chi connectivity index (χ1n) is 8.79. The molecule has 0 saturated carbocycles. The SMILES string of the molecule is O=C(Cc1ccc(Cl)cc1)NC(=S)Nc1ccc(S(=O)(=O)NCc2ccco2)cc1. The molecule has 0 saturated heterocycles. The molecule has 156 valence electrons. The van der Waals surface area contributed by atoms with Gasteiger partial charge in [0.2, 0.25) is 15.9 Å². The topological polar surface area (TPSA) is 100 Å². The Bertz CT molecular complexity index is 1110. The molecule has 30 heavy (non-hydrogen) atoms. The van der Waals surface area contributed by atoms with Crippen LogP contribution in [0.4, 0.5) is 5.69 Å². The van der Waals surface area contributed by atoms with Crippen LogP contribution < -0.4 is 15.4 Å². The van der Waals surface area contributed by atoms with E-state index in [9.17, 15) is 13.2 Å². The van der Waals surface area contributed by atoms with Gasteiger partial charge in [0.1, 0.15) is 5.76 Å². The molecule has 2 aromatic carbocycles. The fourth-order valence-electron chi connectivity index (χ4n) is 2.50. The number of hydrogen-bond acceptors (Lipinski definition) is 5. The zero-order valence-electron chi connectivity index (χ0n) is 15.6. The van der Waals surface area contributed by atoms with E-state index in [1.54, 1.807) is 48.5 Å². The van der Waals surface area contributed by atoms with E-state index < -0.39 is 10.0 Å². The zero-order chi connectivity index (χ0) is 21.6. The number of thiocarbonyl (C=S) groups is 1. The molecule has 1 aromatic heterocycles. The van der Waals surface area contributed by atoms with E-state index in [2.05, 4.69) is 15.4 Å². The van der Waals surface area contributed by atoms with E-state index in [0.29, 0.717) is 16.5 Å². The van der Waals surface area contributed by atoms with Crippen LogP contribution in [0.5, 0.6) is 0 Å². The Labute approximate surface area is 184 Å². The molecule has 3 rings (SSSR count). The molecule has 0 aliphatic rings. The van der Waals surface area contributed by atoms with Crippen molar-refractivity contribution in [2.45, 2.75) is 17.9 Å². The van der Waals surface area contributed by atoms with Crippen LogP contribution in [0.25, 0.3) is 0 Å². The predicted molar refractivity (Wildman–Crippen MR) is 119 cm³/mol. The van der Waals surface area contributed by atoms with Gasteiger partial charge < -0.3 is 15.1 Å². The average Bonchev–Trinajstić information content (AvgIpc) is 3.22. The molecule has 10 heteroatoms. The summed E-state index contributed by atoms with van der Waals surface area (Å²) in [5, 5.41) is 6.14. The van der Waals surface area contributed by atoms with Crippen LogP contribution in [0.3, 0.4) is 0 Å². The van der Waals surface area contributed by atoms with Crippen molar-refractivity contribution >= 4 is 50.5 Å². The summed E-state index contributed by atoms with van der Waals surface area (Å²) in [6, 6.07) is 16.3. The summed E-state index contributed by atoms with van der Waals surface area (Å²) in [6.07, 6.45) is 1.62. The molecule has 0 radical (unpaired) electrons. The summed E-state index contributed by atoms with van der Waals surface area (Å²) < 4.78 is 32.2. The summed E-state index contributed by atoms with van der Waals surface area (Å²) in [4.78, 5) is 12.2. The monoisotopic (exact) mass is 463 g/mol. The number of furan rings is 1. The highest BCUT2D eigenvalue weighted by atomic mass is 35.5. The van der Waals surface area contributed by atoms with Crippen molar-refractivity contribution in [3.05, 3.63) is 83.3 Å². The average molecular weight is 464 g/mol. The molecule has 3 aromatic rings. The molecule has 0 fully saturated rings. The molecule has 1 heterocycles. The van der Waals surface area contributed by atoms with Crippen LogP contribution in [-0.4, -0.2) is 19.4 Å². The van der Waals surface area contributed by atoms with Crippen LogP contribution >= 0.6 is 23.8 Å². The lowest BCUT2D eigenvalue weighted by Gasteiger charge is -2.11. The van der Waals surface area contributed by atoms with Gasteiger partial charge in [-0.25, -0.2) is 13.1 Å². The highest BCUT2D eigenvalue weighted by molar-refractivity contribution is 7.89. The number of anilines is 1. The third-order valence-electron chi connectivity index (χ3n) is 3.97. The molecule has 0 aliphatic heterocycles. The van der Waals surface area contributed by atoms with Crippen molar-refractivity contribution in [3.63, 3.8) is 0 Å². The number of halogens is 1. The molecular formula is C20H18ClN3O4S2. The van der Waals surface area contributed by atoms with Crippen molar-refractivity contribution in [3.8, 4) is 0 Å². The van der Waals surface area contributed by atoms with Gasteiger partial charge in [-0.05, 0) is 66.3 Å². The summed E-state index contributed by atoms with van der Waals surface area (Å²) in [7, 11) is -3.69. The van der Waals surface area contributed by atoms with Crippen molar-refractivity contribution in [1.29, 1.82) is 0 Å². The van der Waals surface area contributed by atoms with Crippen LogP contribution in [-0.2, 0) is 27.8 Å². The lowest BCUT2D eigenvalue weighted by Crippen LogP contribution is -2.35. The van der Waals surface area contributed by atoms with E-state index in [0.717, 1.165) is 5.56 Å². The number of amides is 1. The second kappa shape index (κ2) is 9.86. The van der Waals surface area contributed by atoms with Crippen LogP contribution in [0.1, 0.15) is 11.3 Å². The number of carbonyl (C=O) groups is 1. The van der Waals surface area contributed by atoms with E-state index >= 15 is 0 Å². The Morgan fingerprint density at radius 1 is 1.03 bits per heavy atom. The number of hydrogen-bond donors (Lipinski definition) is 3.